The van der Waals surface area contributed by atoms with E-state index in [0.717, 1.165) is 18.4 Å². The van der Waals surface area contributed by atoms with Crippen LogP contribution in [0, 0.1) is 0 Å². The maximum Gasteiger partial charge on any atom is 0.313 e. The molecule has 0 amide bonds. The lowest BCUT2D eigenvalue weighted by Crippen LogP contribution is -2.09. The smallest absolute Gasteiger partial charge is 0.313 e. The van der Waals surface area contributed by atoms with Crippen LogP contribution in [0.1, 0.15) is 40.0 Å². The van der Waals surface area contributed by atoms with Crippen molar-refractivity contribution in [3.8, 4) is 0 Å². The molecule has 0 aliphatic heterocycles. The van der Waals surface area contributed by atoms with Crippen molar-refractivity contribution in [1.82, 2.24) is 0 Å². The normalized spacial score (nSPS) is 10.2. The van der Waals surface area contributed by atoms with Gasteiger partial charge in [0.15, 0.2) is 5.78 Å². The molecule has 0 rings (SSSR count). The SMILES string of the molecule is CCCC=CC(=O)CC(=O)OCC=C(C)C. The molecule has 0 radical (unpaired) electrons. The summed E-state index contributed by atoms with van der Waals surface area (Å²) in [6.45, 7) is 6.12. The zero-order valence-electron chi connectivity index (χ0n) is 10.3. The van der Waals surface area contributed by atoms with Gasteiger partial charge in [0.05, 0.1) is 0 Å². The average molecular weight is 224 g/mol. The maximum absolute atomic E-state index is 11.2. The Morgan fingerprint density at radius 3 is 2.50 bits per heavy atom. The predicted molar refractivity (Wildman–Crippen MR) is 64.1 cm³/mol. The minimum Gasteiger partial charge on any atom is -0.461 e. The van der Waals surface area contributed by atoms with Crippen molar-refractivity contribution in [3.63, 3.8) is 0 Å². The molecule has 0 aliphatic carbocycles. The first-order valence-corrected chi connectivity index (χ1v) is 5.54. The molecule has 0 heterocycles. The van der Waals surface area contributed by atoms with E-state index in [4.69, 9.17) is 4.74 Å². The van der Waals surface area contributed by atoms with Gasteiger partial charge < -0.3 is 4.74 Å². The summed E-state index contributed by atoms with van der Waals surface area (Å²) >= 11 is 0. The highest BCUT2D eigenvalue weighted by Crippen LogP contribution is 1.95. The number of unbranched alkanes of at least 4 members (excludes halogenated alkanes) is 1. The van der Waals surface area contributed by atoms with Gasteiger partial charge in [0.1, 0.15) is 13.0 Å². The monoisotopic (exact) mass is 224 g/mol. The van der Waals surface area contributed by atoms with Crippen molar-refractivity contribution in [2.45, 2.75) is 40.0 Å². The van der Waals surface area contributed by atoms with E-state index < -0.39 is 5.97 Å². The summed E-state index contributed by atoms with van der Waals surface area (Å²) < 4.78 is 4.86. The second-order valence-corrected chi connectivity index (χ2v) is 3.80. The van der Waals surface area contributed by atoms with Crippen LogP contribution in [0.5, 0.6) is 0 Å². The summed E-state index contributed by atoms with van der Waals surface area (Å²) in [4.78, 5) is 22.4. The first-order chi connectivity index (χ1) is 7.56. The summed E-state index contributed by atoms with van der Waals surface area (Å²) in [6, 6.07) is 0. The number of hydrogen-bond donors (Lipinski definition) is 0. The van der Waals surface area contributed by atoms with E-state index in [1.807, 2.05) is 20.8 Å². The minimum absolute atomic E-state index is 0.170. The summed E-state index contributed by atoms with van der Waals surface area (Å²) in [6.07, 6.45) is 6.72. The summed E-state index contributed by atoms with van der Waals surface area (Å²) in [5.74, 6) is -0.667. The maximum atomic E-state index is 11.2. The van der Waals surface area contributed by atoms with Gasteiger partial charge in [0.25, 0.3) is 0 Å². The van der Waals surface area contributed by atoms with Crippen LogP contribution in [0.2, 0.25) is 0 Å². The van der Waals surface area contributed by atoms with E-state index in [-0.39, 0.29) is 18.8 Å². The van der Waals surface area contributed by atoms with Gasteiger partial charge >= 0.3 is 5.97 Å². The highest BCUT2D eigenvalue weighted by atomic mass is 16.5. The van der Waals surface area contributed by atoms with Crippen LogP contribution >= 0.6 is 0 Å². The van der Waals surface area contributed by atoms with E-state index >= 15 is 0 Å². The molecule has 90 valence electrons. The fourth-order valence-corrected chi connectivity index (χ4v) is 0.935. The number of ether oxygens (including phenoxy) is 1. The van der Waals surface area contributed by atoms with Crippen LogP contribution in [0.3, 0.4) is 0 Å². The zero-order chi connectivity index (χ0) is 12.4. The molecule has 0 fully saturated rings. The number of carbonyl (C=O) groups is 2. The second kappa shape index (κ2) is 8.89. The zero-order valence-corrected chi connectivity index (χ0v) is 10.3. The Labute approximate surface area is 97.2 Å². The molecule has 0 bridgehead atoms. The lowest BCUT2D eigenvalue weighted by molar-refractivity contribution is -0.144. The summed E-state index contributed by atoms with van der Waals surface area (Å²) in [5.41, 5.74) is 1.09. The quantitative estimate of drug-likeness (QED) is 0.289. The Morgan fingerprint density at radius 1 is 1.25 bits per heavy atom. The van der Waals surface area contributed by atoms with E-state index in [1.165, 1.54) is 6.08 Å². The van der Waals surface area contributed by atoms with Gasteiger partial charge in [0, 0.05) is 0 Å². The van der Waals surface area contributed by atoms with Gasteiger partial charge in [-0.1, -0.05) is 25.0 Å². The topological polar surface area (TPSA) is 43.4 Å². The molecule has 0 N–H and O–H groups in total. The molecule has 0 aromatic carbocycles. The van der Waals surface area contributed by atoms with Crippen molar-refractivity contribution in [1.29, 1.82) is 0 Å². The standard InChI is InChI=1S/C13H20O3/c1-4-5-6-7-12(14)10-13(15)16-9-8-11(2)3/h6-8H,4-5,9-10H2,1-3H3. The number of rotatable bonds is 7. The third-order valence-corrected chi connectivity index (χ3v) is 1.81. The van der Waals surface area contributed by atoms with Gasteiger partial charge in [-0.25, -0.2) is 0 Å². The highest BCUT2D eigenvalue weighted by molar-refractivity contribution is 6.01. The van der Waals surface area contributed by atoms with E-state index in [1.54, 1.807) is 12.2 Å². The van der Waals surface area contributed by atoms with Crippen molar-refractivity contribution in [3.05, 3.63) is 23.8 Å². The van der Waals surface area contributed by atoms with Crippen molar-refractivity contribution >= 4 is 11.8 Å². The van der Waals surface area contributed by atoms with Gasteiger partial charge in [-0.2, -0.15) is 0 Å². The third-order valence-electron chi connectivity index (χ3n) is 1.81. The molecule has 0 unspecified atom stereocenters. The Balaban J connectivity index is 3.79. The molecule has 0 saturated carbocycles. The first kappa shape index (κ1) is 14.6. The number of esters is 1. The number of hydrogen-bond acceptors (Lipinski definition) is 3. The molecule has 0 saturated heterocycles. The second-order valence-electron chi connectivity index (χ2n) is 3.80. The van der Waals surface area contributed by atoms with Crippen LogP contribution < -0.4 is 0 Å². The lowest BCUT2D eigenvalue weighted by Gasteiger charge is -1.99. The molecule has 0 atom stereocenters. The predicted octanol–water partition coefficient (Wildman–Crippen LogP) is 2.81. The molecule has 16 heavy (non-hydrogen) atoms. The van der Waals surface area contributed by atoms with E-state index in [2.05, 4.69) is 0 Å². The first-order valence-electron chi connectivity index (χ1n) is 5.54. The number of carbonyl (C=O) groups excluding carboxylic acids is 2. The fraction of sp³-hybridized carbons (Fsp3) is 0.538. The van der Waals surface area contributed by atoms with Crippen LogP contribution in [0.15, 0.2) is 23.8 Å². The fourth-order valence-electron chi connectivity index (χ4n) is 0.935. The van der Waals surface area contributed by atoms with E-state index in [0.29, 0.717) is 0 Å². The van der Waals surface area contributed by atoms with Gasteiger partial charge in [0.2, 0.25) is 0 Å². The molecule has 0 aromatic heterocycles. The van der Waals surface area contributed by atoms with Gasteiger partial charge in [-0.05, 0) is 32.4 Å². The average Bonchev–Trinajstić information content (AvgIpc) is 2.17. The number of ketones is 1. The van der Waals surface area contributed by atoms with E-state index in [9.17, 15) is 9.59 Å². The molecule has 0 aromatic rings. The number of allylic oxidation sites excluding steroid dienone is 3. The largest absolute Gasteiger partial charge is 0.461 e. The van der Waals surface area contributed by atoms with Crippen LogP contribution in [-0.4, -0.2) is 18.4 Å². The molecular weight excluding hydrogens is 204 g/mol. The van der Waals surface area contributed by atoms with Gasteiger partial charge in [-0.15, -0.1) is 0 Å². The summed E-state index contributed by atoms with van der Waals surface area (Å²) in [7, 11) is 0. The van der Waals surface area contributed by atoms with Crippen molar-refractivity contribution < 1.29 is 14.3 Å². The Bertz CT molecular complexity index is 284. The van der Waals surface area contributed by atoms with Gasteiger partial charge in [-0.3, -0.25) is 9.59 Å². The minimum atomic E-state index is -0.469. The summed E-state index contributed by atoms with van der Waals surface area (Å²) in [5, 5.41) is 0. The molecule has 0 aliphatic rings. The van der Waals surface area contributed by atoms with Crippen molar-refractivity contribution in [2.75, 3.05) is 6.61 Å². The molecule has 3 nitrogen and oxygen atoms in total. The molecule has 3 heteroatoms. The Kier molecular flexibility index (Phi) is 8.12. The van der Waals surface area contributed by atoms with Crippen molar-refractivity contribution in [2.24, 2.45) is 0 Å². The third kappa shape index (κ3) is 9.19. The highest BCUT2D eigenvalue weighted by Gasteiger charge is 2.06. The Morgan fingerprint density at radius 2 is 1.94 bits per heavy atom. The Hall–Kier alpha value is -1.38. The molecular formula is C13H20O3. The van der Waals surface area contributed by atoms with Crippen LogP contribution in [0.25, 0.3) is 0 Å². The lowest BCUT2D eigenvalue weighted by atomic mass is 10.2. The molecule has 0 spiro atoms. The van der Waals surface area contributed by atoms with Crippen LogP contribution in [-0.2, 0) is 14.3 Å². The van der Waals surface area contributed by atoms with Crippen LogP contribution in [0.4, 0.5) is 0 Å².